The third kappa shape index (κ3) is 4.51. The topological polar surface area (TPSA) is 49.4 Å². The summed E-state index contributed by atoms with van der Waals surface area (Å²) >= 11 is 0. The van der Waals surface area contributed by atoms with Crippen LogP contribution in [0.4, 0.5) is 0 Å². The van der Waals surface area contributed by atoms with Gasteiger partial charge in [0.05, 0.1) is 0 Å². The van der Waals surface area contributed by atoms with Crippen molar-refractivity contribution in [2.45, 2.75) is 59.4 Å². The summed E-state index contributed by atoms with van der Waals surface area (Å²) in [5.41, 5.74) is 0. The first-order chi connectivity index (χ1) is 9.01. The Morgan fingerprint density at radius 1 is 1.21 bits per heavy atom. The van der Waals surface area contributed by atoms with Crippen LogP contribution in [-0.2, 0) is 9.59 Å². The van der Waals surface area contributed by atoms with E-state index in [1.54, 1.807) is 6.92 Å². The van der Waals surface area contributed by atoms with Crippen LogP contribution >= 0.6 is 0 Å². The normalized spacial score (nSPS) is 23.5. The van der Waals surface area contributed by atoms with Crippen molar-refractivity contribution in [3.05, 3.63) is 0 Å². The van der Waals surface area contributed by atoms with E-state index in [0.717, 1.165) is 32.2 Å². The molecule has 1 rings (SSSR count). The van der Waals surface area contributed by atoms with Crippen LogP contribution in [0.1, 0.15) is 53.4 Å². The van der Waals surface area contributed by atoms with Crippen molar-refractivity contribution < 1.29 is 9.59 Å². The van der Waals surface area contributed by atoms with E-state index in [1.165, 1.54) is 0 Å². The highest BCUT2D eigenvalue weighted by atomic mass is 16.2. The van der Waals surface area contributed by atoms with E-state index in [-0.39, 0.29) is 23.8 Å². The molecular formula is C15H28N2O2. The highest BCUT2D eigenvalue weighted by Crippen LogP contribution is 2.23. The monoisotopic (exact) mass is 268 g/mol. The van der Waals surface area contributed by atoms with Gasteiger partial charge < -0.3 is 10.2 Å². The Labute approximate surface area is 116 Å². The number of nitrogens with one attached hydrogen (secondary N) is 1. The molecule has 0 aliphatic carbocycles. The summed E-state index contributed by atoms with van der Waals surface area (Å²) < 4.78 is 0. The molecule has 2 amide bonds. The molecule has 0 aromatic carbocycles. The van der Waals surface area contributed by atoms with Crippen LogP contribution in [0.3, 0.4) is 0 Å². The van der Waals surface area contributed by atoms with Crippen LogP contribution in [0.5, 0.6) is 0 Å². The second kappa shape index (κ2) is 7.51. The van der Waals surface area contributed by atoms with E-state index in [1.807, 2.05) is 4.90 Å². The average Bonchev–Trinajstić information content (AvgIpc) is 2.38. The molecule has 110 valence electrons. The van der Waals surface area contributed by atoms with Gasteiger partial charge in [0.15, 0.2) is 0 Å². The van der Waals surface area contributed by atoms with E-state index in [0.29, 0.717) is 12.5 Å². The maximum atomic E-state index is 12.5. The van der Waals surface area contributed by atoms with Gasteiger partial charge in [0.2, 0.25) is 11.8 Å². The van der Waals surface area contributed by atoms with E-state index in [4.69, 9.17) is 0 Å². The van der Waals surface area contributed by atoms with Crippen LogP contribution in [0.15, 0.2) is 0 Å². The van der Waals surface area contributed by atoms with E-state index in [9.17, 15) is 9.59 Å². The quantitative estimate of drug-likeness (QED) is 0.831. The van der Waals surface area contributed by atoms with E-state index in [2.05, 4.69) is 26.1 Å². The maximum Gasteiger partial charge on any atom is 0.225 e. The number of piperidine rings is 1. The molecule has 1 fully saturated rings. The fourth-order valence-electron chi connectivity index (χ4n) is 2.97. The number of likely N-dealkylation sites (tertiary alicyclic amines) is 1. The zero-order chi connectivity index (χ0) is 14.4. The first-order valence-corrected chi connectivity index (χ1v) is 7.57. The second-order valence-corrected chi connectivity index (χ2v) is 5.66. The zero-order valence-electron chi connectivity index (χ0n) is 12.7. The van der Waals surface area contributed by atoms with Crippen LogP contribution in [-0.4, -0.2) is 35.8 Å². The lowest BCUT2D eigenvalue weighted by Crippen LogP contribution is -2.53. The van der Waals surface area contributed by atoms with Gasteiger partial charge in [-0.05, 0) is 25.2 Å². The van der Waals surface area contributed by atoms with Gasteiger partial charge in [-0.3, -0.25) is 9.59 Å². The van der Waals surface area contributed by atoms with Gasteiger partial charge in [0.1, 0.15) is 0 Å². The minimum Gasteiger partial charge on any atom is -0.352 e. The number of hydrogen-bond acceptors (Lipinski definition) is 2. The average molecular weight is 268 g/mol. The summed E-state index contributed by atoms with van der Waals surface area (Å²) in [7, 11) is 0. The first kappa shape index (κ1) is 16.0. The van der Waals surface area contributed by atoms with Crippen molar-refractivity contribution >= 4 is 11.8 Å². The van der Waals surface area contributed by atoms with Crippen molar-refractivity contribution in [3.63, 3.8) is 0 Å². The summed E-state index contributed by atoms with van der Waals surface area (Å²) in [6.45, 7) is 9.35. The van der Waals surface area contributed by atoms with Crippen LogP contribution in [0, 0.1) is 11.8 Å². The third-order valence-electron chi connectivity index (χ3n) is 4.17. The Morgan fingerprint density at radius 2 is 1.84 bits per heavy atom. The highest BCUT2D eigenvalue weighted by molar-refractivity contribution is 5.79. The molecule has 0 bridgehead atoms. The van der Waals surface area contributed by atoms with Gasteiger partial charge in [-0.25, -0.2) is 0 Å². The molecule has 4 heteroatoms. The summed E-state index contributed by atoms with van der Waals surface area (Å²) in [5.74, 6) is 0.896. The molecule has 1 heterocycles. The van der Waals surface area contributed by atoms with E-state index >= 15 is 0 Å². The van der Waals surface area contributed by atoms with Crippen molar-refractivity contribution in [3.8, 4) is 0 Å². The standard InChI is InChI=1S/C15H28N2O2/c1-5-12-8-14(16-11(4)18)10-17(9-12)15(19)13(6-2)7-3/h12-14H,5-10H2,1-4H3,(H,16,18). The van der Waals surface area contributed by atoms with Gasteiger partial charge in [0, 0.05) is 32.0 Å². The van der Waals surface area contributed by atoms with Gasteiger partial charge in [0.25, 0.3) is 0 Å². The smallest absolute Gasteiger partial charge is 0.225 e. The van der Waals surface area contributed by atoms with Gasteiger partial charge in [-0.15, -0.1) is 0 Å². The zero-order valence-corrected chi connectivity index (χ0v) is 12.7. The summed E-state index contributed by atoms with van der Waals surface area (Å²) in [5, 5.41) is 2.97. The lowest BCUT2D eigenvalue weighted by molar-refractivity contribution is -0.139. The highest BCUT2D eigenvalue weighted by Gasteiger charge is 2.31. The van der Waals surface area contributed by atoms with E-state index < -0.39 is 0 Å². The molecule has 1 aliphatic heterocycles. The largest absolute Gasteiger partial charge is 0.352 e. The Kier molecular flexibility index (Phi) is 6.32. The Morgan fingerprint density at radius 3 is 2.32 bits per heavy atom. The van der Waals surface area contributed by atoms with Crippen LogP contribution < -0.4 is 5.32 Å². The fourth-order valence-corrected chi connectivity index (χ4v) is 2.97. The number of carbonyl (C=O) groups excluding carboxylic acids is 2. The minimum atomic E-state index is -0.00307. The predicted molar refractivity (Wildman–Crippen MR) is 76.7 cm³/mol. The van der Waals surface area contributed by atoms with Crippen LogP contribution in [0.2, 0.25) is 0 Å². The Bertz CT molecular complexity index is 313. The molecular weight excluding hydrogens is 240 g/mol. The van der Waals surface area contributed by atoms with Crippen molar-refractivity contribution in [1.29, 1.82) is 0 Å². The third-order valence-corrected chi connectivity index (χ3v) is 4.17. The van der Waals surface area contributed by atoms with Crippen molar-refractivity contribution in [2.75, 3.05) is 13.1 Å². The molecule has 0 spiro atoms. The number of carbonyl (C=O) groups is 2. The SMILES string of the molecule is CCC1CC(NC(C)=O)CN(C(=O)C(CC)CC)C1. The number of rotatable bonds is 5. The molecule has 4 nitrogen and oxygen atoms in total. The molecule has 0 aromatic heterocycles. The first-order valence-electron chi connectivity index (χ1n) is 7.57. The molecule has 0 radical (unpaired) electrons. The lowest BCUT2D eigenvalue weighted by Gasteiger charge is -2.39. The fraction of sp³-hybridized carbons (Fsp3) is 0.867. The maximum absolute atomic E-state index is 12.5. The molecule has 2 unspecified atom stereocenters. The van der Waals surface area contributed by atoms with Crippen molar-refractivity contribution in [2.24, 2.45) is 11.8 Å². The second-order valence-electron chi connectivity index (χ2n) is 5.66. The molecule has 1 aliphatic rings. The number of nitrogens with zero attached hydrogens (tertiary/aromatic N) is 1. The molecule has 1 N–H and O–H groups in total. The summed E-state index contributed by atoms with van der Waals surface area (Å²) in [4.78, 5) is 25.6. The lowest BCUT2D eigenvalue weighted by atomic mass is 9.90. The van der Waals surface area contributed by atoms with Crippen molar-refractivity contribution in [1.82, 2.24) is 10.2 Å². The molecule has 0 saturated carbocycles. The summed E-state index contributed by atoms with van der Waals surface area (Å²) in [6.07, 6.45) is 3.84. The molecule has 19 heavy (non-hydrogen) atoms. The number of amides is 2. The summed E-state index contributed by atoms with van der Waals surface area (Å²) in [6, 6.07) is 0.120. The molecule has 1 saturated heterocycles. The molecule has 0 aromatic rings. The Balaban J connectivity index is 2.70. The predicted octanol–water partition coefficient (Wildman–Crippen LogP) is 2.19. The minimum absolute atomic E-state index is 0.00307. The number of hydrogen-bond donors (Lipinski definition) is 1. The Hall–Kier alpha value is -1.06. The van der Waals surface area contributed by atoms with Gasteiger partial charge >= 0.3 is 0 Å². The van der Waals surface area contributed by atoms with Gasteiger partial charge in [-0.2, -0.15) is 0 Å². The van der Waals surface area contributed by atoms with Crippen LogP contribution in [0.25, 0.3) is 0 Å². The molecule has 2 atom stereocenters. The van der Waals surface area contributed by atoms with Gasteiger partial charge in [-0.1, -0.05) is 27.2 Å².